The largest absolute Gasteiger partial charge is 0.322 e. The van der Waals surface area contributed by atoms with Crippen LogP contribution in [-0.4, -0.2) is 42.3 Å². The molecule has 8 heteroatoms. The lowest BCUT2D eigenvalue weighted by molar-refractivity contribution is 0.102. The van der Waals surface area contributed by atoms with Gasteiger partial charge in [0.05, 0.1) is 15.9 Å². The Hall–Kier alpha value is -3.49. The molecule has 0 fully saturated rings. The van der Waals surface area contributed by atoms with E-state index in [2.05, 4.69) is 10.3 Å². The van der Waals surface area contributed by atoms with Crippen molar-refractivity contribution in [2.24, 2.45) is 0 Å². The number of nitrogens with one attached hydrogen (secondary N) is 1. The van der Waals surface area contributed by atoms with Crippen LogP contribution in [0.3, 0.4) is 0 Å². The number of sulfonamides is 1. The molecular weight excluding hydrogens is 424 g/mol. The molecule has 7 nitrogen and oxygen atoms in total. The van der Waals surface area contributed by atoms with E-state index < -0.39 is 10.0 Å². The Balaban J connectivity index is 1.67. The Kier molecular flexibility index (Phi) is 5.58. The fourth-order valence-electron chi connectivity index (χ4n) is 3.55. The normalized spacial score (nSPS) is 11.8. The summed E-state index contributed by atoms with van der Waals surface area (Å²) in [6, 6.07) is 20.0. The summed E-state index contributed by atoms with van der Waals surface area (Å²) in [6.07, 6.45) is 0. The minimum absolute atomic E-state index is 0.121. The van der Waals surface area contributed by atoms with E-state index >= 15 is 0 Å². The minimum Gasteiger partial charge on any atom is -0.322 e. The standard InChI is InChI=1S/C24H24N4O3S/c1-16-10-12-20(32(30,31)27(3)4)15-21(16)26-24(29)18-11-13-23-22(14-18)25-17(2)28(23)19-8-6-5-7-9-19/h5-15H,1-4H3,(H,26,29). The molecule has 0 saturated carbocycles. The lowest BCUT2D eigenvalue weighted by Gasteiger charge is -2.14. The van der Waals surface area contributed by atoms with E-state index in [1.54, 1.807) is 18.2 Å². The van der Waals surface area contributed by atoms with Crippen molar-refractivity contribution in [3.63, 3.8) is 0 Å². The summed E-state index contributed by atoms with van der Waals surface area (Å²) in [5.74, 6) is 0.488. The van der Waals surface area contributed by atoms with Gasteiger partial charge in [0.15, 0.2) is 0 Å². The highest BCUT2D eigenvalue weighted by molar-refractivity contribution is 7.89. The zero-order valence-electron chi connectivity index (χ0n) is 18.3. The van der Waals surface area contributed by atoms with E-state index in [1.165, 1.54) is 26.2 Å². The van der Waals surface area contributed by atoms with Crippen molar-refractivity contribution in [1.29, 1.82) is 0 Å². The average molecular weight is 449 g/mol. The molecule has 0 saturated heterocycles. The van der Waals surface area contributed by atoms with Gasteiger partial charge in [0.25, 0.3) is 5.91 Å². The highest BCUT2D eigenvalue weighted by Crippen LogP contribution is 2.25. The topological polar surface area (TPSA) is 84.3 Å². The Morgan fingerprint density at radius 1 is 0.969 bits per heavy atom. The summed E-state index contributed by atoms with van der Waals surface area (Å²) >= 11 is 0. The monoisotopic (exact) mass is 448 g/mol. The van der Waals surface area contributed by atoms with Gasteiger partial charge < -0.3 is 5.32 Å². The molecule has 0 aliphatic rings. The molecule has 0 spiro atoms. The number of nitrogens with zero attached hydrogens (tertiary/aromatic N) is 3. The molecule has 32 heavy (non-hydrogen) atoms. The number of rotatable bonds is 5. The number of fused-ring (bicyclic) bond motifs is 1. The van der Waals surface area contributed by atoms with Gasteiger partial charge in [-0.15, -0.1) is 0 Å². The fraction of sp³-hybridized carbons (Fsp3) is 0.167. The number of anilines is 1. The highest BCUT2D eigenvalue weighted by Gasteiger charge is 2.19. The van der Waals surface area contributed by atoms with E-state index in [0.29, 0.717) is 16.8 Å². The second kappa shape index (κ2) is 8.22. The first-order valence-corrected chi connectivity index (χ1v) is 11.5. The third kappa shape index (κ3) is 3.90. The van der Waals surface area contributed by atoms with Crippen LogP contribution < -0.4 is 5.32 Å². The summed E-state index contributed by atoms with van der Waals surface area (Å²) in [4.78, 5) is 17.7. The van der Waals surface area contributed by atoms with Crippen molar-refractivity contribution in [3.05, 3.63) is 83.7 Å². The molecule has 4 aromatic rings. The van der Waals surface area contributed by atoms with Crippen molar-refractivity contribution in [2.75, 3.05) is 19.4 Å². The number of para-hydroxylation sites is 1. The Morgan fingerprint density at radius 3 is 2.38 bits per heavy atom. The molecule has 1 N–H and O–H groups in total. The van der Waals surface area contributed by atoms with E-state index in [-0.39, 0.29) is 10.8 Å². The van der Waals surface area contributed by atoms with Crippen LogP contribution in [0.2, 0.25) is 0 Å². The molecule has 3 aromatic carbocycles. The lowest BCUT2D eigenvalue weighted by atomic mass is 10.1. The SMILES string of the molecule is Cc1ccc(S(=O)(=O)N(C)C)cc1NC(=O)c1ccc2c(c1)nc(C)n2-c1ccccc1. The van der Waals surface area contributed by atoms with Crippen LogP contribution in [-0.2, 0) is 10.0 Å². The number of imidazole rings is 1. The Labute approximate surface area is 187 Å². The van der Waals surface area contributed by atoms with Crippen LogP contribution in [0.5, 0.6) is 0 Å². The molecule has 0 unspecified atom stereocenters. The molecule has 4 rings (SSSR count). The number of carbonyl (C=O) groups is 1. The molecule has 1 aromatic heterocycles. The van der Waals surface area contributed by atoms with Gasteiger partial charge in [-0.25, -0.2) is 17.7 Å². The van der Waals surface area contributed by atoms with Gasteiger partial charge in [-0.1, -0.05) is 24.3 Å². The van der Waals surface area contributed by atoms with Gasteiger partial charge in [-0.2, -0.15) is 0 Å². The van der Waals surface area contributed by atoms with E-state index in [9.17, 15) is 13.2 Å². The molecule has 0 radical (unpaired) electrons. The van der Waals surface area contributed by atoms with Crippen molar-refractivity contribution in [2.45, 2.75) is 18.7 Å². The first-order chi connectivity index (χ1) is 15.2. The quantitative estimate of drug-likeness (QED) is 0.497. The zero-order valence-corrected chi connectivity index (χ0v) is 19.1. The third-order valence-corrected chi connectivity index (χ3v) is 7.15. The molecule has 0 aliphatic carbocycles. The van der Waals surface area contributed by atoms with E-state index in [0.717, 1.165) is 26.9 Å². The second-order valence-corrected chi connectivity index (χ2v) is 9.90. The summed E-state index contributed by atoms with van der Waals surface area (Å²) < 4.78 is 28.1. The summed E-state index contributed by atoms with van der Waals surface area (Å²) in [5, 5.41) is 2.84. The average Bonchev–Trinajstić information content (AvgIpc) is 3.10. The van der Waals surface area contributed by atoms with Crippen LogP contribution in [0.15, 0.2) is 71.6 Å². The van der Waals surface area contributed by atoms with Gasteiger partial charge in [-0.3, -0.25) is 9.36 Å². The van der Waals surface area contributed by atoms with Crippen molar-refractivity contribution >= 4 is 32.7 Å². The van der Waals surface area contributed by atoms with Crippen molar-refractivity contribution < 1.29 is 13.2 Å². The third-order valence-electron chi connectivity index (χ3n) is 5.33. The van der Waals surface area contributed by atoms with Crippen LogP contribution in [0.1, 0.15) is 21.7 Å². The molecule has 1 amide bonds. The van der Waals surface area contributed by atoms with Gasteiger partial charge >= 0.3 is 0 Å². The van der Waals surface area contributed by atoms with Crippen LogP contribution in [0.25, 0.3) is 16.7 Å². The van der Waals surface area contributed by atoms with Gasteiger partial charge in [0.1, 0.15) is 5.82 Å². The number of hydrogen-bond acceptors (Lipinski definition) is 4. The van der Waals surface area contributed by atoms with Crippen LogP contribution in [0, 0.1) is 13.8 Å². The number of aromatic nitrogens is 2. The summed E-state index contributed by atoms with van der Waals surface area (Å²) in [7, 11) is -0.662. The zero-order chi connectivity index (χ0) is 23.0. The predicted molar refractivity (Wildman–Crippen MR) is 126 cm³/mol. The predicted octanol–water partition coefficient (Wildman–Crippen LogP) is 4.14. The molecular formula is C24H24N4O3S. The fourth-order valence-corrected chi connectivity index (χ4v) is 4.47. The summed E-state index contributed by atoms with van der Waals surface area (Å²) in [5.41, 5.74) is 4.26. The second-order valence-electron chi connectivity index (χ2n) is 7.75. The Morgan fingerprint density at radius 2 is 1.69 bits per heavy atom. The summed E-state index contributed by atoms with van der Waals surface area (Å²) in [6.45, 7) is 3.74. The van der Waals surface area contributed by atoms with Gasteiger partial charge in [-0.05, 0) is 61.9 Å². The smallest absolute Gasteiger partial charge is 0.255 e. The maximum Gasteiger partial charge on any atom is 0.255 e. The number of benzene rings is 3. The van der Waals surface area contributed by atoms with E-state index in [4.69, 9.17) is 0 Å². The first kappa shape index (κ1) is 21.7. The highest BCUT2D eigenvalue weighted by atomic mass is 32.2. The maximum absolute atomic E-state index is 13.0. The number of hydrogen-bond donors (Lipinski definition) is 1. The molecule has 164 valence electrons. The minimum atomic E-state index is -3.60. The number of carbonyl (C=O) groups excluding carboxylic acids is 1. The molecule has 0 bridgehead atoms. The first-order valence-electron chi connectivity index (χ1n) is 10.1. The number of amides is 1. The van der Waals surface area contributed by atoms with Crippen LogP contribution in [0.4, 0.5) is 5.69 Å². The van der Waals surface area contributed by atoms with Crippen LogP contribution >= 0.6 is 0 Å². The van der Waals surface area contributed by atoms with Gasteiger partial charge in [0, 0.05) is 31.0 Å². The molecule has 0 atom stereocenters. The van der Waals surface area contributed by atoms with Crippen molar-refractivity contribution in [1.82, 2.24) is 13.9 Å². The Bertz CT molecular complexity index is 1420. The van der Waals surface area contributed by atoms with E-state index in [1.807, 2.05) is 54.8 Å². The number of aryl methyl sites for hydroxylation is 2. The molecule has 1 heterocycles. The molecule has 0 aliphatic heterocycles. The lowest BCUT2D eigenvalue weighted by Crippen LogP contribution is -2.22. The maximum atomic E-state index is 13.0. The van der Waals surface area contributed by atoms with Gasteiger partial charge in [0.2, 0.25) is 10.0 Å². The van der Waals surface area contributed by atoms with Crippen molar-refractivity contribution in [3.8, 4) is 5.69 Å².